The summed E-state index contributed by atoms with van der Waals surface area (Å²) in [4.78, 5) is 0. The van der Waals surface area contributed by atoms with E-state index < -0.39 is 0 Å². The number of aliphatic hydroxyl groups excluding tert-OH is 1. The minimum Gasteiger partial charge on any atom is -0.396 e. The molecule has 0 unspecified atom stereocenters. The summed E-state index contributed by atoms with van der Waals surface area (Å²) >= 11 is 6.11. The smallest absolute Gasteiger partial charge is 0.0637 e. The molecule has 1 saturated carbocycles. The molecule has 0 atom stereocenters. The Labute approximate surface area is 108 Å². The predicted molar refractivity (Wildman–Crippen MR) is 72.5 cm³/mol. The number of halogens is 1. The lowest BCUT2D eigenvalue weighted by atomic mass is 9.74. The highest BCUT2D eigenvalue weighted by Gasteiger charge is 2.31. The number of hydrogen-bond acceptors (Lipinski definition) is 2. The van der Waals surface area contributed by atoms with E-state index in [2.05, 4.69) is 5.32 Å². The maximum atomic E-state index is 9.62. The number of aliphatic hydroxyl groups is 1. The molecule has 17 heavy (non-hydrogen) atoms. The van der Waals surface area contributed by atoms with Gasteiger partial charge in [-0.05, 0) is 25.0 Å². The van der Waals surface area contributed by atoms with Crippen LogP contribution in [0.25, 0.3) is 0 Å². The van der Waals surface area contributed by atoms with Crippen LogP contribution in [0.1, 0.15) is 32.1 Å². The van der Waals surface area contributed by atoms with Gasteiger partial charge in [0.2, 0.25) is 0 Å². The number of nitrogens with one attached hydrogen (secondary N) is 1. The van der Waals surface area contributed by atoms with Gasteiger partial charge in [0.15, 0.2) is 0 Å². The highest BCUT2D eigenvalue weighted by Crippen LogP contribution is 2.36. The van der Waals surface area contributed by atoms with Crippen LogP contribution >= 0.6 is 11.6 Å². The molecule has 1 aromatic rings. The first kappa shape index (κ1) is 12.7. The van der Waals surface area contributed by atoms with Crippen LogP contribution in [-0.2, 0) is 0 Å². The molecular formula is C14H20ClNO. The minimum atomic E-state index is 0.0530. The van der Waals surface area contributed by atoms with E-state index in [1.807, 2.05) is 24.3 Å². The molecule has 1 aromatic carbocycles. The molecule has 3 heteroatoms. The van der Waals surface area contributed by atoms with Crippen molar-refractivity contribution in [2.45, 2.75) is 32.1 Å². The largest absolute Gasteiger partial charge is 0.396 e. The molecule has 0 heterocycles. The third-order valence-electron chi connectivity index (χ3n) is 3.78. The van der Waals surface area contributed by atoms with E-state index in [1.165, 1.54) is 19.3 Å². The van der Waals surface area contributed by atoms with Gasteiger partial charge in [0.1, 0.15) is 0 Å². The molecule has 1 fully saturated rings. The monoisotopic (exact) mass is 253 g/mol. The van der Waals surface area contributed by atoms with Crippen molar-refractivity contribution in [1.82, 2.24) is 0 Å². The Morgan fingerprint density at radius 2 is 1.88 bits per heavy atom. The standard InChI is InChI=1S/C14H20ClNO/c15-12-6-2-3-7-13(12)16-10-14(11-17)8-4-1-5-9-14/h2-3,6-7,16-17H,1,4-5,8-11H2. The van der Waals surface area contributed by atoms with Gasteiger partial charge in [-0.3, -0.25) is 0 Å². The lowest BCUT2D eigenvalue weighted by molar-refractivity contribution is 0.0944. The number of anilines is 1. The van der Waals surface area contributed by atoms with Gasteiger partial charge in [0.25, 0.3) is 0 Å². The minimum absolute atomic E-state index is 0.0530. The van der Waals surface area contributed by atoms with E-state index in [0.29, 0.717) is 0 Å². The van der Waals surface area contributed by atoms with Crippen LogP contribution in [0.3, 0.4) is 0 Å². The Bertz CT molecular complexity index is 361. The van der Waals surface area contributed by atoms with Crippen molar-refractivity contribution in [3.8, 4) is 0 Å². The van der Waals surface area contributed by atoms with Crippen molar-refractivity contribution >= 4 is 17.3 Å². The van der Waals surface area contributed by atoms with Crippen molar-refractivity contribution < 1.29 is 5.11 Å². The fourth-order valence-electron chi connectivity index (χ4n) is 2.58. The Kier molecular flexibility index (Phi) is 4.30. The molecule has 0 saturated heterocycles. The summed E-state index contributed by atoms with van der Waals surface area (Å²) in [5.41, 5.74) is 1.02. The van der Waals surface area contributed by atoms with Gasteiger partial charge in [0.05, 0.1) is 17.3 Å². The van der Waals surface area contributed by atoms with Crippen LogP contribution < -0.4 is 5.32 Å². The van der Waals surface area contributed by atoms with Gasteiger partial charge in [-0.2, -0.15) is 0 Å². The van der Waals surface area contributed by atoms with E-state index in [1.54, 1.807) is 0 Å². The first-order chi connectivity index (χ1) is 8.26. The molecule has 0 amide bonds. The molecule has 0 radical (unpaired) electrons. The molecule has 1 aliphatic rings. The van der Waals surface area contributed by atoms with Gasteiger partial charge in [-0.1, -0.05) is 43.0 Å². The van der Waals surface area contributed by atoms with Gasteiger partial charge in [-0.15, -0.1) is 0 Å². The molecule has 1 aliphatic carbocycles. The molecule has 2 N–H and O–H groups in total. The predicted octanol–water partition coefficient (Wildman–Crippen LogP) is 3.69. The second-order valence-corrected chi connectivity index (χ2v) is 5.46. The molecular weight excluding hydrogens is 234 g/mol. The second kappa shape index (κ2) is 5.74. The summed E-state index contributed by atoms with van der Waals surface area (Å²) in [6.07, 6.45) is 5.98. The van der Waals surface area contributed by atoms with E-state index in [0.717, 1.165) is 30.1 Å². The summed E-state index contributed by atoms with van der Waals surface area (Å²) in [5.74, 6) is 0. The van der Waals surface area contributed by atoms with E-state index in [-0.39, 0.29) is 12.0 Å². The van der Waals surface area contributed by atoms with Gasteiger partial charge >= 0.3 is 0 Å². The quantitative estimate of drug-likeness (QED) is 0.858. The van der Waals surface area contributed by atoms with Crippen LogP contribution in [-0.4, -0.2) is 18.3 Å². The highest BCUT2D eigenvalue weighted by atomic mass is 35.5. The van der Waals surface area contributed by atoms with Crippen LogP contribution in [0, 0.1) is 5.41 Å². The Morgan fingerprint density at radius 3 is 2.53 bits per heavy atom. The van der Waals surface area contributed by atoms with Crippen molar-refractivity contribution in [3.05, 3.63) is 29.3 Å². The molecule has 0 aromatic heterocycles. The van der Waals surface area contributed by atoms with Crippen molar-refractivity contribution in [2.75, 3.05) is 18.5 Å². The van der Waals surface area contributed by atoms with Crippen LogP contribution in [0.4, 0.5) is 5.69 Å². The summed E-state index contributed by atoms with van der Waals surface area (Å²) in [5, 5.41) is 13.7. The first-order valence-electron chi connectivity index (χ1n) is 6.35. The maximum Gasteiger partial charge on any atom is 0.0637 e. The van der Waals surface area contributed by atoms with E-state index in [9.17, 15) is 5.11 Å². The van der Waals surface area contributed by atoms with Crippen molar-refractivity contribution in [3.63, 3.8) is 0 Å². The topological polar surface area (TPSA) is 32.3 Å². The summed E-state index contributed by atoms with van der Waals surface area (Å²) in [7, 11) is 0. The number of rotatable bonds is 4. The van der Waals surface area contributed by atoms with Gasteiger partial charge in [0, 0.05) is 12.0 Å². The fraction of sp³-hybridized carbons (Fsp3) is 0.571. The summed E-state index contributed by atoms with van der Waals surface area (Å²) < 4.78 is 0. The highest BCUT2D eigenvalue weighted by molar-refractivity contribution is 6.33. The first-order valence-corrected chi connectivity index (χ1v) is 6.73. The summed E-state index contributed by atoms with van der Waals surface area (Å²) in [6.45, 7) is 1.08. The molecule has 0 bridgehead atoms. The average molecular weight is 254 g/mol. The molecule has 94 valence electrons. The Balaban J connectivity index is 1.98. The zero-order valence-electron chi connectivity index (χ0n) is 10.1. The normalized spacial score (nSPS) is 18.9. The fourth-order valence-corrected chi connectivity index (χ4v) is 2.78. The van der Waals surface area contributed by atoms with E-state index >= 15 is 0 Å². The number of hydrogen-bond donors (Lipinski definition) is 2. The van der Waals surface area contributed by atoms with Crippen LogP contribution in [0.2, 0.25) is 5.02 Å². The zero-order chi connectivity index (χ0) is 12.1. The van der Waals surface area contributed by atoms with Crippen molar-refractivity contribution in [1.29, 1.82) is 0 Å². The molecule has 2 rings (SSSR count). The lowest BCUT2D eigenvalue weighted by Gasteiger charge is -2.36. The van der Waals surface area contributed by atoms with Crippen LogP contribution in [0.15, 0.2) is 24.3 Å². The molecule has 0 spiro atoms. The summed E-state index contributed by atoms with van der Waals surface area (Å²) in [6, 6.07) is 7.77. The average Bonchev–Trinajstić information content (AvgIpc) is 2.39. The molecule has 2 nitrogen and oxygen atoms in total. The van der Waals surface area contributed by atoms with Crippen LogP contribution in [0.5, 0.6) is 0 Å². The van der Waals surface area contributed by atoms with Gasteiger partial charge in [-0.25, -0.2) is 0 Å². The Hall–Kier alpha value is -0.730. The number of benzene rings is 1. The Morgan fingerprint density at radius 1 is 1.18 bits per heavy atom. The van der Waals surface area contributed by atoms with Crippen molar-refractivity contribution in [2.24, 2.45) is 5.41 Å². The SMILES string of the molecule is OCC1(CNc2ccccc2Cl)CCCCC1. The number of para-hydroxylation sites is 1. The molecule has 0 aliphatic heterocycles. The zero-order valence-corrected chi connectivity index (χ0v) is 10.8. The second-order valence-electron chi connectivity index (χ2n) is 5.05. The third-order valence-corrected chi connectivity index (χ3v) is 4.11. The van der Waals surface area contributed by atoms with Gasteiger partial charge < -0.3 is 10.4 Å². The third kappa shape index (κ3) is 3.14. The van der Waals surface area contributed by atoms with E-state index in [4.69, 9.17) is 11.6 Å². The lowest BCUT2D eigenvalue weighted by Crippen LogP contribution is -2.35. The maximum absolute atomic E-state index is 9.62.